The molecule has 0 saturated carbocycles. The van der Waals surface area contributed by atoms with E-state index in [2.05, 4.69) is 15.3 Å². The number of amides is 1. The Hall–Kier alpha value is -3.09. The lowest BCUT2D eigenvalue weighted by molar-refractivity contribution is 0.0501. The number of hydrogen-bond acceptors (Lipinski definition) is 4. The number of imidazole rings is 1. The number of fused-ring (bicyclic) bond motifs is 1. The maximum atomic E-state index is 14.0. The van der Waals surface area contributed by atoms with Crippen LogP contribution in [0.1, 0.15) is 38.2 Å². The van der Waals surface area contributed by atoms with E-state index in [0.717, 1.165) is 11.3 Å². The molecule has 1 atom stereocenters. The standard InChI is InChI=1S/C21H24FN3O3/c1-21(2,3)28-20(26)24-17(12-13-8-10-14(27-4)11-9-13)19-23-16-7-5-6-15(22)18(16)25-19/h5-11,17H,12H2,1-4H3,(H,23,25)(H,24,26)/t17-/m1/s1. The summed E-state index contributed by atoms with van der Waals surface area (Å²) in [4.78, 5) is 19.8. The summed E-state index contributed by atoms with van der Waals surface area (Å²) >= 11 is 0. The fraction of sp³-hybridized carbons (Fsp3) is 0.333. The van der Waals surface area contributed by atoms with Gasteiger partial charge in [0, 0.05) is 6.42 Å². The Bertz CT molecular complexity index is 961. The lowest BCUT2D eigenvalue weighted by atomic mass is 10.1. The van der Waals surface area contributed by atoms with Gasteiger partial charge < -0.3 is 19.8 Å². The molecular formula is C21H24FN3O3. The van der Waals surface area contributed by atoms with E-state index in [1.165, 1.54) is 6.07 Å². The van der Waals surface area contributed by atoms with Crippen LogP contribution in [0.25, 0.3) is 11.0 Å². The van der Waals surface area contributed by atoms with Gasteiger partial charge in [0.25, 0.3) is 0 Å². The summed E-state index contributed by atoms with van der Waals surface area (Å²) in [5.41, 5.74) is 1.14. The Labute approximate surface area is 163 Å². The van der Waals surface area contributed by atoms with Crippen molar-refractivity contribution in [2.24, 2.45) is 0 Å². The number of methoxy groups -OCH3 is 1. The molecule has 0 aliphatic rings. The van der Waals surface area contributed by atoms with Crippen LogP contribution in [0.5, 0.6) is 5.75 Å². The molecule has 0 unspecified atom stereocenters. The molecule has 2 N–H and O–H groups in total. The number of benzene rings is 2. The molecule has 1 heterocycles. The molecule has 0 bridgehead atoms. The number of hydrogen-bond donors (Lipinski definition) is 2. The Morgan fingerprint density at radius 3 is 2.54 bits per heavy atom. The van der Waals surface area contributed by atoms with E-state index < -0.39 is 23.6 Å². The third kappa shape index (κ3) is 4.79. The highest BCUT2D eigenvalue weighted by molar-refractivity contribution is 5.76. The number of alkyl carbamates (subject to hydrolysis) is 1. The maximum absolute atomic E-state index is 14.0. The van der Waals surface area contributed by atoms with E-state index in [1.54, 1.807) is 40.0 Å². The average Bonchev–Trinajstić information content (AvgIpc) is 3.06. The number of carbonyl (C=O) groups excluding carboxylic acids is 1. The smallest absolute Gasteiger partial charge is 0.408 e. The molecule has 2 aromatic carbocycles. The Balaban J connectivity index is 1.90. The van der Waals surface area contributed by atoms with Crippen molar-refractivity contribution in [2.45, 2.75) is 38.8 Å². The minimum atomic E-state index is -0.630. The van der Waals surface area contributed by atoms with E-state index in [-0.39, 0.29) is 5.52 Å². The summed E-state index contributed by atoms with van der Waals surface area (Å²) in [7, 11) is 1.60. The summed E-state index contributed by atoms with van der Waals surface area (Å²) in [5, 5.41) is 2.84. The maximum Gasteiger partial charge on any atom is 0.408 e. The highest BCUT2D eigenvalue weighted by atomic mass is 19.1. The second kappa shape index (κ2) is 7.88. The normalized spacial score (nSPS) is 12.6. The van der Waals surface area contributed by atoms with Crippen molar-refractivity contribution in [2.75, 3.05) is 7.11 Å². The quantitative estimate of drug-likeness (QED) is 0.677. The highest BCUT2D eigenvalue weighted by Gasteiger charge is 2.23. The van der Waals surface area contributed by atoms with E-state index in [4.69, 9.17) is 9.47 Å². The SMILES string of the molecule is COc1ccc(C[C@@H](NC(=O)OC(C)(C)C)c2nc3c(F)cccc3[nH]2)cc1. The van der Waals surface area contributed by atoms with Crippen molar-refractivity contribution in [3.63, 3.8) is 0 Å². The first-order valence-corrected chi connectivity index (χ1v) is 9.02. The Morgan fingerprint density at radius 1 is 1.21 bits per heavy atom. The van der Waals surface area contributed by atoms with Crippen molar-refractivity contribution < 1.29 is 18.7 Å². The molecule has 28 heavy (non-hydrogen) atoms. The van der Waals surface area contributed by atoms with Crippen LogP contribution >= 0.6 is 0 Å². The second-order valence-electron chi connectivity index (χ2n) is 7.51. The first-order valence-electron chi connectivity index (χ1n) is 9.02. The van der Waals surface area contributed by atoms with Crippen LogP contribution in [0.2, 0.25) is 0 Å². The number of rotatable bonds is 5. The second-order valence-corrected chi connectivity index (χ2v) is 7.51. The van der Waals surface area contributed by atoms with Crippen LogP contribution in [0.3, 0.4) is 0 Å². The third-order valence-corrected chi connectivity index (χ3v) is 4.10. The van der Waals surface area contributed by atoms with Crippen LogP contribution in [-0.4, -0.2) is 28.8 Å². The van der Waals surface area contributed by atoms with Crippen LogP contribution in [0, 0.1) is 5.82 Å². The van der Waals surface area contributed by atoms with Gasteiger partial charge in [-0.3, -0.25) is 0 Å². The van der Waals surface area contributed by atoms with Gasteiger partial charge in [-0.2, -0.15) is 0 Å². The fourth-order valence-electron chi connectivity index (χ4n) is 2.84. The van der Waals surface area contributed by atoms with Gasteiger partial charge in [-0.1, -0.05) is 18.2 Å². The van der Waals surface area contributed by atoms with Crippen molar-refractivity contribution in [3.8, 4) is 5.75 Å². The number of aromatic amines is 1. The molecule has 0 aliphatic heterocycles. The lowest BCUT2D eigenvalue weighted by Crippen LogP contribution is -2.36. The molecule has 1 aromatic heterocycles. The number of para-hydroxylation sites is 1. The predicted octanol–water partition coefficient (Wildman–Crippen LogP) is 4.52. The van der Waals surface area contributed by atoms with Crippen LogP contribution in [0.15, 0.2) is 42.5 Å². The van der Waals surface area contributed by atoms with E-state index >= 15 is 0 Å². The zero-order valence-corrected chi connectivity index (χ0v) is 16.4. The van der Waals surface area contributed by atoms with Gasteiger partial charge in [-0.15, -0.1) is 0 Å². The van der Waals surface area contributed by atoms with E-state index in [1.807, 2.05) is 24.3 Å². The van der Waals surface area contributed by atoms with Crippen LogP contribution in [-0.2, 0) is 11.2 Å². The minimum absolute atomic E-state index is 0.239. The van der Waals surface area contributed by atoms with Gasteiger partial charge in [0.15, 0.2) is 5.82 Å². The van der Waals surface area contributed by atoms with Crippen molar-refractivity contribution in [1.29, 1.82) is 0 Å². The molecular weight excluding hydrogens is 361 g/mol. The van der Waals surface area contributed by atoms with Gasteiger partial charge in [-0.25, -0.2) is 14.2 Å². The number of nitrogens with one attached hydrogen (secondary N) is 2. The van der Waals surface area contributed by atoms with Crippen molar-refractivity contribution in [1.82, 2.24) is 15.3 Å². The molecule has 0 fully saturated rings. The molecule has 0 saturated heterocycles. The van der Waals surface area contributed by atoms with Crippen molar-refractivity contribution >= 4 is 17.1 Å². The monoisotopic (exact) mass is 385 g/mol. The Morgan fingerprint density at radius 2 is 1.93 bits per heavy atom. The van der Waals surface area contributed by atoms with Crippen LogP contribution in [0.4, 0.5) is 9.18 Å². The minimum Gasteiger partial charge on any atom is -0.497 e. The fourth-order valence-corrected chi connectivity index (χ4v) is 2.84. The molecule has 3 aromatic rings. The number of ether oxygens (including phenoxy) is 2. The van der Waals surface area contributed by atoms with Crippen LogP contribution < -0.4 is 10.1 Å². The first-order chi connectivity index (χ1) is 13.2. The first kappa shape index (κ1) is 19.7. The van der Waals surface area contributed by atoms with Gasteiger partial charge in [0.1, 0.15) is 22.7 Å². The molecule has 1 amide bonds. The summed E-state index contributed by atoms with van der Waals surface area (Å²) in [5.74, 6) is 0.786. The molecule has 0 radical (unpaired) electrons. The van der Waals surface area contributed by atoms with E-state index in [9.17, 15) is 9.18 Å². The van der Waals surface area contributed by atoms with Crippen molar-refractivity contribution in [3.05, 3.63) is 59.7 Å². The topological polar surface area (TPSA) is 76.2 Å². The lowest BCUT2D eigenvalue weighted by Gasteiger charge is -2.23. The molecule has 148 valence electrons. The van der Waals surface area contributed by atoms with E-state index in [0.29, 0.717) is 17.8 Å². The average molecular weight is 385 g/mol. The zero-order chi connectivity index (χ0) is 20.3. The number of carbonyl (C=O) groups is 1. The van der Waals surface area contributed by atoms with Gasteiger partial charge >= 0.3 is 6.09 Å². The predicted molar refractivity (Wildman–Crippen MR) is 105 cm³/mol. The number of nitrogens with zero attached hydrogens (tertiary/aromatic N) is 1. The van der Waals surface area contributed by atoms with Gasteiger partial charge in [-0.05, 0) is 50.6 Å². The molecule has 0 aliphatic carbocycles. The number of halogens is 1. The number of H-pyrrole nitrogens is 1. The summed E-state index contributed by atoms with van der Waals surface area (Å²) in [6.45, 7) is 5.38. The highest BCUT2D eigenvalue weighted by Crippen LogP contribution is 2.23. The molecule has 3 rings (SSSR count). The number of aromatic nitrogens is 2. The molecule has 0 spiro atoms. The summed E-state index contributed by atoms with van der Waals surface area (Å²) < 4.78 is 24.6. The molecule has 7 heteroatoms. The summed E-state index contributed by atoms with van der Waals surface area (Å²) in [6.07, 6.45) is -0.114. The van der Waals surface area contributed by atoms with Gasteiger partial charge in [0.2, 0.25) is 0 Å². The zero-order valence-electron chi connectivity index (χ0n) is 16.4. The third-order valence-electron chi connectivity index (χ3n) is 4.10. The Kier molecular flexibility index (Phi) is 5.53. The van der Waals surface area contributed by atoms with Gasteiger partial charge in [0.05, 0.1) is 18.7 Å². The largest absolute Gasteiger partial charge is 0.497 e. The summed E-state index contributed by atoms with van der Waals surface area (Å²) in [6, 6.07) is 11.7. The molecule has 6 nitrogen and oxygen atoms in total.